The van der Waals surface area contributed by atoms with Crippen molar-refractivity contribution < 1.29 is 9.53 Å². The first-order chi connectivity index (χ1) is 14.0. The van der Waals surface area contributed by atoms with Crippen molar-refractivity contribution in [3.05, 3.63) is 65.2 Å². The Labute approximate surface area is 182 Å². The molecule has 9 heteroatoms. The van der Waals surface area contributed by atoms with Gasteiger partial charge in [-0.1, -0.05) is 47.1 Å². The van der Waals surface area contributed by atoms with E-state index in [1.54, 1.807) is 31.4 Å². The third-order valence-electron chi connectivity index (χ3n) is 3.94. The van der Waals surface area contributed by atoms with Crippen molar-refractivity contribution in [2.75, 3.05) is 18.2 Å². The summed E-state index contributed by atoms with van der Waals surface area (Å²) in [6.07, 6.45) is 1.75. The number of methoxy groups -OCH3 is 1. The van der Waals surface area contributed by atoms with Gasteiger partial charge in [0.15, 0.2) is 11.0 Å². The number of nitrogens with one attached hydrogen (secondary N) is 1. The van der Waals surface area contributed by atoms with Crippen molar-refractivity contribution in [1.82, 2.24) is 14.8 Å². The first kappa shape index (κ1) is 21.2. The van der Waals surface area contributed by atoms with Gasteiger partial charge in [-0.25, -0.2) is 0 Å². The lowest BCUT2D eigenvalue weighted by Gasteiger charge is -2.10. The molecule has 0 atom stereocenters. The van der Waals surface area contributed by atoms with Gasteiger partial charge in [0, 0.05) is 12.1 Å². The van der Waals surface area contributed by atoms with Crippen LogP contribution < -0.4 is 10.1 Å². The number of allylic oxidation sites excluding steroid dienone is 1. The number of para-hydroxylation sites is 1. The third-order valence-corrected chi connectivity index (χ3v) is 5.53. The maximum absolute atomic E-state index is 12.4. The number of aromatic nitrogens is 3. The largest absolute Gasteiger partial charge is 0.497 e. The lowest BCUT2D eigenvalue weighted by molar-refractivity contribution is -0.113. The van der Waals surface area contributed by atoms with Gasteiger partial charge in [-0.15, -0.1) is 16.8 Å². The molecular formula is C20H18Cl2N4O2S. The molecular weight excluding hydrogens is 431 g/mol. The van der Waals surface area contributed by atoms with E-state index in [4.69, 9.17) is 27.9 Å². The number of halogens is 2. The normalized spacial score (nSPS) is 10.6. The number of carbonyl (C=O) groups is 1. The molecule has 1 heterocycles. The number of carbonyl (C=O) groups excluding carboxylic acids is 1. The molecule has 0 saturated heterocycles. The van der Waals surface area contributed by atoms with E-state index in [9.17, 15) is 4.79 Å². The Bertz CT molecular complexity index is 1000. The second-order valence-electron chi connectivity index (χ2n) is 5.87. The van der Waals surface area contributed by atoms with Gasteiger partial charge in [0.05, 0.1) is 28.6 Å². The van der Waals surface area contributed by atoms with E-state index in [1.165, 1.54) is 11.8 Å². The number of thioether (sulfide) groups is 1. The molecule has 1 amide bonds. The van der Waals surface area contributed by atoms with E-state index in [0.29, 0.717) is 33.3 Å². The van der Waals surface area contributed by atoms with Crippen LogP contribution in [0.5, 0.6) is 5.75 Å². The summed E-state index contributed by atoms with van der Waals surface area (Å²) in [7, 11) is 1.62. The maximum Gasteiger partial charge on any atom is 0.234 e. The van der Waals surface area contributed by atoms with E-state index in [-0.39, 0.29) is 11.7 Å². The van der Waals surface area contributed by atoms with Crippen LogP contribution in [0, 0.1) is 0 Å². The van der Waals surface area contributed by atoms with Crippen molar-refractivity contribution in [1.29, 1.82) is 0 Å². The molecule has 3 rings (SSSR count). The Morgan fingerprint density at radius 2 is 1.90 bits per heavy atom. The summed E-state index contributed by atoms with van der Waals surface area (Å²) in [5.41, 5.74) is 1.28. The molecule has 0 bridgehead atoms. The molecule has 0 aliphatic rings. The summed E-state index contributed by atoms with van der Waals surface area (Å²) < 4.78 is 7.09. The fourth-order valence-electron chi connectivity index (χ4n) is 2.57. The van der Waals surface area contributed by atoms with E-state index in [0.717, 1.165) is 11.3 Å². The predicted molar refractivity (Wildman–Crippen MR) is 118 cm³/mol. The predicted octanol–water partition coefficient (Wildman–Crippen LogP) is 5.18. The highest BCUT2D eigenvalue weighted by atomic mass is 35.5. The van der Waals surface area contributed by atoms with Crippen LogP contribution in [0.2, 0.25) is 10.0 Å². The highest BCUT2D eigenvalue weighted by Gasteiger charge is 2.16. The van der Waals surface area contributed by atoms with Gasteiger partial charge in [0.1, 0.15) is 5.75 Å². The van der Waals surface area contributed by atoms with E-state index >= 15 is 0 Å². The third kappa shape index (κ3) is 5.12. The quantitative estimate of drug-likeness (QED) is 0.379. The summed E-state index contributed by atoms with van der Waals surface area (Å²) in [5, 5.41) is 12.6. The Morgan fingerprint density at radius 1 is 1.21 bits per heavy atom. The zero-order valence-corrected chi connectivity index (χ0v) is 17.9. The summed E-state index contributed by atoms with van der Waals surface area (Å²) in [6, 6.07) is 12.6. The van der Waals surface area contributed by atoms with Gasteiger partial charge in [0.2, 0.25) is 5.91 Å². The van der Waals surface area contributed by atoms with Crippen LogP contribution >= 0.6 is 35.0 Å². The second-order valence-corrected chi connectivity index (χ2v) is 7.62. The van der Waals surface area contributed by atoms with Gasteiger partial charge >= 0.3 is 0 Å². The Morgan fingerprint density at radius 3 is 2.52 bits per heavy atom. The van der Waals surface area contributed by atoms with Gasteiger partial charge in [0.25, 0.3) is 0 Å². The Balaban J connectivity index is 1.74. The fourth-order valence-corrected chi connectivity index (χ4v) is 3.81. The summed E-state index contributed by atoms with van der Waals surface area (Å²) in [6.45, 7) is 4.30. The molecule has 2 aromatic carbocycles. The monoisotopic (exact) mass is 448 g/mol. The molecule has 1 aromatic heterocycles. The van der Waals surface area contributed by atoms with Crippen molar-refractivity contribution in [3.8, 4) is 17.1 Å². The van der Waals surface area contributed by atoms with Crippen LogP contribution in [0.25, 0.3) is 11.4 Å². The number of amides is 1. The summed E-state index contributed by atoms with van der Waals surface area (Å²) in [5.74, 6) is 1.32. The number of rotatable bonds is 8. The topological polar surface area (TPSA) is 69.0 Å². The Kier molecular flexibility index (Phi) is 7.19. The van der Waals surface area contributed by atoms with Crippen LogP contribution in [-0.4, -0.2) is 33.5 Å². The van der Waals surface area contributed by atoms with Crippen molar-refractivity contribution in [3.63, 3.8) is 0 Å². The molecule has 29 heavy (non-hydrogen) atoms. The average Bonchev–Trinajstić information content (AvgIpc) is 3.12. The number of hydrogen-bond acceptors (Lipinski definition) is 5. The minimum atomic E-state index is -0.246. The molecule has 0 radical (unpaired) electrons. The van der Waals surface area contributed by atoms with Crippen LogP contribution in [0.3, 0.4) is 0 Å². The number of anilines is 1. The van der Waals surface area contributed by atoms with Crippen molar-refractivity contribution in [2.24, 2.45) is 0 Å². The van der Waals surface area contributed by atoms with E-state index < -0.39 is 0 Å². The van der Waals surface area contributed by atoms with E-state index in [1.807, 2.05) is 28.8 Å². The molecule has 0 spiro atoms. The van der Waals surface area contributed by atoms with Gasteiger partial charge < -0.3 is 10.1 Å². The molecule has 3 aromatic rings. The highest BCUT2D eigenvalue weighted by Crippen LogP contribution is 2.30. The molecule has 0 unspecified atom stereocenters. The first-order valence-corrected chi connectivity index (χ1v) is 10.3. The van der Waals surface area contributed by atoms with Crippen LogP contribution in [0.4, 0.5) is 5.69 Å². The molecule has 6 nitrogen and oxygen atoms in total. The number of hydrogen-bond donors (Lipinski definition) is 1. The van der Waals surface area contributed by atoms with Crippen LogP contribution in [0.15, 0.2) is 60.3 Å². The molecule has 0 fully saturated rings. The van der Waals surface area contributed by atoms with Gasteiger partial charge in [-0.3, -0.25) is 9.36 Å². The van der Waals surface area contributed by atoms with Gasteiger partial charge in [-0.2, -0.15) is 0 Å². The van der Waals surface area contributed by atoms with Gasteiger partial charge in [-0.05, 0) is 36.4 Å². The van der Waals surface area contributed by atoms with Crippen molar-refractivity contribution >= 4 is 46.6 Å². The summed E-state index contributed by atoms with van der Waals surface area (Å²) >= 11 is 13.5. The second kappa shape index (κ2) is 9.82. The first-order valence-electron chi connectivity index (χ1n) is 8.58. The standard InChI is InChI=1S/C20H18Cl2N4O2S/c1-3-11-26-19(13-7-9-14(28-2)10-8-13)24-25-20(26)29-12-17(27)23-18-15(21)5-4-6-16(18)22/h3-10H,1,11-12H2,2H3,(H,23,27). The molecule has 150 valence electrons. The zero-order valence-electron chi connectivity index (χ0n) is 15.6. The molecule has 1 N–H and O–H groups in total. The lowest BCUT2D eigenvalue weighted by Crippen LogP contribution is -2.15. The average molecular weight is 449 g/mol. The highest BCUT2D eigenvalue weighted by molar-refractivity contribution is 7.99. The smallest absolute Gasteiger partial charge is 0.234 e. The minimum Gasteiger partial charge on any atom is -0.497 e. The zero-order chi connectivity index (χ0) is 20.8. The van der Waals surface area contributed by atoms with Crippen LogP contribution in [0.1, 0.15) is 0 Å². The summed E-state index contributed by atoms with van der Waals surface area (Å²) in [4.78, 5) is 12.4. The molecule has 0 saturated carbocycles. The minimum absolute atomic E-state index is 0.124. The SMILES string of the molecule is C=CCn1c(SCC(=O)Nc2c(Cl)cccc2Cl)nnc1-c1ccc(OC)cc1. The van der Waals surface area contributed by atoms with Crippen LogP contribution in [-0.2, 0) is 11.3 Å². The fraction of sp³-hybridized carbons (Fsp3) is 0.150. The van der Waals surface area contributed by atoms with E-state index in [2.05, 4.69) is 22.1 Å². The Hall–Kier alpha value is -2.48. The number of benzene rings is 2. The molecule has 0 aliphatic carbocycles. The number of nitrogens with zero attached hydrogens (tertiary/aromatic N) is 3. The molecule has 0 aliphatic heterocycles. The maximum atomic E-state index is 12.4. The number of ether oxygens (including phenoxy) is 1. The lowest BCUT2D eigenvalue weighted by atomic mass is 10.2. The van der Waals surface area contributed by atoms with Crippen molar-refractivity contribution in [2.45, 2.75) is 11.7 Å².